The predicted octanol–water partition coefficient (Wildman–Crippen LogP) is 5.42. The highest BCUT2D eigenvalue weighted by molar-refractivity contribution is 7.14. The Morgan fingerprint density at radius 3 is 2.33 bits per heavy atom. The molecule has 0 saturated carbocycles. The van der Waals surface area contributed by atoms with Crippen molar-refractivity contribution >= 4 is 46.5 Å². The molecule has 3 rings (SSSR count). The molecule has 0 bridgehead atoms. The summed E-state index contributed by atoms with van der Waals surface area (Å²) in [5.41, 5.74) is 1.20. The molecule has 206 valence electrons. The molecule has 1 saturated heterocycles. The number of nitriles is 1. The maximum absolute atomic E-state index is 13.4. The van der Waals surface area contributed by atoms with Crippen molar-refractivity contribution in [2.24, 2.45) is 0 Å². The van der Waals surface area contributed by atoms with E-state index in [1.54, 1.807) is 26.8 Å². The first-order valence-corrected chi connectivity index (χ1v) is 13.7. The van der Waals surface area contributed by atoms with E-state index < -0.39 is 22.6 Å². The van der Waals surface area contributed by atoms with E-state index in [1.165, 1.54) is 18.2 Å². The fraction of sp³-hybridized carbons (Fsp3) is 0.429. The first kappa shape index (κ1) is 29.5. The summed E-state index contributed by atoms with van der Waals surface area (Å²) in [5.74, 6) is -1.87. The van der Waals surface area contributed by atoms with Gasteiger partial charge in [0.25, 0.3) is 5.69 Å². The van der Waals surface area contributed by atoms with Gasteiger partial charge >= 0.3 is 11.9 Å². The average Bonchev–Trinajstić information content (AvgIpc) is 3.06. The van der Waals surface area contributed by atoms with Gasteiger partial charge < -0.3 is 14.4 Å². The molecule has 0 aliphatic carbocycles. The number of allylic oxidation sites excluding steroid dienone is 1. The topological polar surface area (TPSA) is 140 Å². The van der Waals surface area contributed by atoms with Crippen LogP contribution in [-0.4, -0.2) is 48.9 Å². The van der Waals surface area contributed by atoms with Gasteiger partial charge in [0.15, 0.2) is 5.78 Å². The summed E-state index contributed by atoms with van der Waals surface area (Å²) in [5, 5.41) is 21.4. The molecular formula is C28H31N3O7S. The Hall–Kier alpha value is -4.04. The SMILES string of the molecule is CCOC(=O)c1sc(CC(=O)C(C#N)=Cc2cc([N+](=O)[O-])ccc2N2CCCCCC2)c(C(=O)OCC)c1C. The number of esters is 2. The highest BCUT2D eigenvalue weighted by Gasteiger charge is 2.28. The van der Waals surface area contributed by atoms with Gasteiger partial charge in [-0.25, -0.2) is 9.59 Å². The van der Waals surface area contributed by atoms with Gasteiger partial charge in [-0.3, -0.25) is 14.9 Å². The van der Waals surface area contributed by atoms with Crippen LogP contribution in [0.25, 0.3) is 6.08 Å². The number of carbonyl (C=O) groups is 3. The number of ether oxygens (including phenoxy) is 2. The molecule has 1 fully saturated rings. The largest absolute Gasteiger partial charge is 0.462 e. The van der Waals surface area contributed by atoms with Gasteiger partial charge in [0.2, 0.25) is 0 Å². The molecule has 10 nitrogen and oxygen atoms in total. The Kier molecular flexibility index (Phi) is 10.3. The molecule has 1 aromatic carbocycles. The molecule has 11 heteroatoms. The second kappa shape index (κ2) is 13.7. The minimum atomic E-state index is -0.672. The summed E-state index contributed by atoms with van der Waals surface area (Å²) in [6.45, 7) is 6.67. The van der Waals surface area contributed by atoms with Gasteiger partial charge in [0, 0.05) is 47.8 Å². The summed E-state index contributed by atoms with van der Waals surface area (Å²) < 4.78 is 10.2. The lowest BCUT2D eigenvalue weighted by molar-refractivity contribution is -0.384. The summed E-state index contributed by atoms with van der Waals surface area (Å²) in [6, 6.07) is 6.36. The van der Waals surface area contributed by atoms with Gasteiger partial charge in [0.05, 0.1) is 29.3 Å². The molecule has 2 heterocycles. The van der Waals surface area contributed by atoms with Crippen LogP contribution < -0.4 is 4.90 Å². The van der Waals surface area contributed by atoms with Crippen molar-refractivity contribution < 1.29 is 28.8 Å². The number of ketones is 1. The fourth-order valence-electron chi connectivity index (χ4n) is 4.50. The Morgan fingerprint density at radius 1 is 1.10 bits per heavy atom. The standard InChI is InChI=1S/C28H31N3O7S/c1-4-37-27(33)25-18(3)26(28(34)38-5-2)39-24(25)16-23(32)20(17-29)14-19-15-21(31(35)36)10-11-22(19)30-12-8-6-7-9-13-30/h10-11,14-15H,4-9,12-13,16H2,1-3H3. The summed E-state index contributed by atoms with van der Waals surface area (Å²) >= 11 is 0.955. The number of thiophene rings is 1. The second-order valence-electron chi connectivity index (χ2n) is 8.97. The van der Waals surface area contributed by atoms with Crippen LogP contribution in [0.15, 0.2) is 23.8 Å². The monoisotopic (exact) mass is 553 g/mol. The third-order valence-corrected chi connectivity index (χ3v) is 7.64. The zero-order chi connectivity index (χ0) is 28.5. The van der Waals surface area contributed by atoms with Crippen molar-refractivity contribution in [2.75, 3.05) is 31.2 Å². The second-order valence-corrected chi connectivity index (χ2v) is 10.1. The Labute approximate surface area is 231 Å². The Bertz CT molecular complexity index is 1330. The summed E-state index contributed by atoms with van der Waals surface area (Å²) in [7, 11) is 0. The van der Waals surface area contributed by atoms with Gasteiger partial charge in [-0.2, -0.15) is 5.26 Å². The van der Waals surface area contributed by atoms with Crippen LogP contribution >= 0.6 is 11.3 Å². The van der Waals surface area contributed by atoms with E-state index in [-0.39, 0.29) is 46.2 Å². The van der Waals surface area contributed by atoms with Crippen molar-refractivity contribution in [3.8, 4) is 6.07 Å². The minimum Gasteiger partial charge on any atom is -0.462 e. The van der Waals surface area contributed by atoms with Crippen molar-refractivity contribution in [3.05, 3.63) is 60.3 Å². The quantitative estimate of drug-likeness (QED) is 0.124. The van der Waals surface area contributed by atoms with E-state index in [4.69, 9.17) is 9.47 Å². The molecule has 0 unspecified atom stereocenters. The van der Waals surface area contributed by atoms with Crippen molar-refractivity contribution in [2.45, 2.75) is 52.9 Å². The molecule has 1 aliphatic rings. The maximum Gasteiger partial charge on any atom is 0.348 e. The number of nitro benzene ring substituents is 1. The molecule has 39 heavy (non-hydrogen) atoms. The van der Waals surface area contributed by atoms with E-state index >= 15 is 0 Å². The van der Waals surface area contributed by atoms with E-state index in [2.05, 4.69) is 4.90 Å². The highest BCUT2D eigenvalue weighted by atomic mass is 32.1. The van der Waals surface area contributed by atoms with Gasteiger partial charge in [-0.1, -0.05) is 12.8 Å². The van der Waals surface area contributed by atoms with E-state index in [0.29, 0.717) is 16.8 Å². The number of benzene rings is 1. The zero-order valence-electron chi connectivity index (χ0n) is 22.3. The maximum atomic E-state index is 13.4. The van der Waals surface area contributed by atoms with Crippen LogP contribution in [0.5, 0.6) is 0 Å². The van der Waals surface area contributed by atoms with Crippen LogP contribution in [0.1, 0.15) is 75.6 Å². The lowest BCUT2D eigenvalue weighted by atomic mass is 10.0. The molecule has 1 aromatic heterocycles. The molecule has 0 amide bonds. The van der Waals surface area contributed by atoms with Crippen LogP contribution in [0, 0.1) is 28.4 Å². The number of carbonyl (C=O) groups excluding carboxylic acids is 3. The first-order chi connectivity index (χ1) is 18.7. The van der Waals surface area contributed by atoms with Crippen LogP contribution in [0.3, 0.4) is 0 Å². The van der Waals surface area contributed by atoms with Gasteiger partial charge in [-0.05, 0) is 51.3 Å². The number of nitrogens with zero attached hydrogens (tertiary/aromatic N) is 3. The average molecular weight is 554 g/mol. The third kappa shape index (κ3) is 7.09. The number of Topliss-reactive ketones (excluding diaryl/α,β-unsaturated/α-hetero) is 1. The van der Waals surface area contributed by atoms with Crippen molar-refractivity contribution in [3.63, 3.8) is 0 Å². The summed E-state index contributed by atoms with van der Waals surface area (Å²) in [6.07, 6.45) is 5.17. The smallest absolute Gasteiger partial charge is 0.348 e. The molecule has 0 atom stereocenters. The van der Waals surface area contributed by atoms with Crippen LogP contribution in [0.4, 0.5) is 11.4 Å². The molecule has 2 aromatic rings. The number of non-ortho nitro benzene ring substituents is 1. The zero-order valence-corrected chi connectivity index (χ0v) is 23.1. The molecule has 0 spiro atoms. The summed E-state index contributed by atoms with van der Waals surface area (Å²) in [4.78, 5) is 52.1. The highest BCUT2D eigenvalue weighted by Crippen LogP contribution is 2.33. The third-order valence-electron chi connectivity index (χ3n) is 6.37. The van der Waals surface area contributed by atoms with Crippen molar-refractivity contribution in [1.29, 1.82) is 5.26 Å². The lowest BCUT2D eigenvalue weighted by Gasteiger charge is -2.24. The van der Waals surface area contributed by atoms with Crippen LogP contribution in [0.2, 0.25) is 0 Å². The van der Waals surface area contributed by atoms with E-state index in [9.17, 15) is 29.8 Å². The Balaban J connectivity index is 2.03. The minimum absolute atomic E-state index is 0.103. The number of hydrogen-bond donors (Lipinski definition) is 0. The normalized spacial score (nSPS) is 13.8. The lowest BCUT2D eigenvalue weighted by Crippen LogP contribution is -2.24. The number of hydrogen-bond acceptors (Lipinski definition) is 10. The molecular weight excluding hydrogens is 522 g/mol. The van der Waals surface area contributed by atoms with Gasteiger partial charge in [-0.15, -0.1) is 11.3 Å². The molecule has 1 aliphatic heterocycles. The number of anilines is 1. The fourth-order valence-corrected chi connectivity index (χ4v) is 5.69. The number of nitro groups is 1. The first-order valence-electron chi connectivity index (χ1n) is 12.9. The predicted molar refractivity (Wildman–Crippen MR) is 147 cm³/mol. The van der Waals surface area contributed by atoms with E-state index in [1.807, 2.05) is 6.07 Å². The molecule has 0 radical (unpaired) electrons. The van der Waals surface area contributed by atoms with Crippen LogP contribution in [-0.2, 0) is 20.7 Å². The van der Waals surface area contributed by atoms with Crippen molar-refractivity contribution in [1.82, 2.24) is 0 Å². The number of rotatable bonds is 10. The Morgan fingerprint density at radius 2 is 1.74 bits per heavy atom. The van der Waals surface area contributed by atoms with E-state index in [0.717, 1.165) is 50.1 Å². The molecule has 0 N–H and O–H groups in total. The van der Waals surface area contributed by atoms with Gasteiger partial charge in [0.1, 0.15) is 10.9 Å².